The molecule has 3 aromatic rings. The van der Waals surface area contributed by atoms with Crippen LogP contribution in [0.1, 0.15) is 0 Å². The SMILES string of the molecule is c1ccc2sc(-c3ncncn3)cc2c1. The van der Waals surface area contributed by atoms with Gasteiger partial charge in [0.15, 0.2) is 5.82 Å². The molecular formula is C11H7N3S. The Kier molecular flexibility index (Phi) is 1.93. The van der Waals surface area contributed by atoms with Gasteiger partial charge in [-0.3, -0.25) is 0 Å². The molecule has 0 atom stereocenters. The van der Waals surface area contributed by atoms with Crippen molar-refractivity contribution < 1.29 is 0 Å². The van der Waals surface area contributed by atoms with Crippen molar-refractivity contribution in [3.05, 3.63) is 43.0 Å². The van der Waals surface area contributed by atoms with Crippen molar-refractivity contribution in [2.75, 3.05) is 0 Å². The van der Waals surface area contributed by atoms with Gasteiger partial charge in [-0.2, -0.15) is 0 Å². The van der Waals surface area contributed by atoms with E-state index in [-0.39, 0.29) is 0 Å². The van der Waals surface area contributed by atoms with E-state index < -0.39 is 0 Å². The molecule has 2 heterocycles. The summed E-state index contributed by atoms with van der Waals surface area (Å²) in [6.07, 6.45) is 3.04. The second kappa shape index (κ2) is 3.40. The fourth-order valence-electron chi connectivity index (χ4n) is 1.46. The summed E-state index contributed by atoms with van der Waals surface area (Å²) in [4.78, 5) is 13.2. The average Bonchev–Trinajstić information content (AvgIpc) is 2.74. The Morgan fingerprint density at radius 3 is 2.60 bits per heavy atom. The summed E-state index contributed by atoms with van der Waals surface area (Å²) in [6.45, 7) is 0. The Morgan fingerprint density at radius 1 is 1.00 bits per heavy atom. The van der Waals surface area contributed by atoms with E-state index in [1.54, 1.807) is 11.3 Å². The Balaban J connectivity index is 2.21. The van der Waals surface area contributed by atoms with Crippen molar-refractivity contribution in [3.63, 3.8) is 0 Å². The molecule has 0 bridgehead atoms. The zero-order valence-corrected chi connectivity index (χ0v) is 8.61. The lowest BCUT2D eigenvalue weighted by atomic mass is 10.2. The van der Waals surface area contributed by atoms with E-state index in [1.165, 1.54) is 22.7 Å². The number of fused-ring (bicyclic) bond motifs is 1. The van der Waals surface area contributed by atoms with Crippen molar-refractivity contribution in [3.8, 4) is 10.7 Å². The zero-order valence-electron chi connectivity index (χ0n) is 7.79. The maximum Gasteiger partial charge on any atom is 0.172 e. The molecule has 0 fully saturated rings. The summed E-state index contributed by atoms with van der Waals surface area (Å²) < 4.78 is 1.26. The van der Waals surface area contributed by atoms with Crippen LogP contribution >= 0.6 is 11.3 Å². The lowest BCUT2D eigenvalue weighted by Crippen LogP contribution is -1.85. The number of nitrogens with zero attached hydrogens (tertiary/aromatic N) is 3. The van der Waals surface area contributed by atoms with Crippen LogP contribution in [0, 0.1) is 0 Å². The van der Waals surface area contributed by atoms with Gasteiger partial charge in [-0.15, -0.1) is 11.3 Å². The zero-order chi connectivity index (χ0) is 10.1. The van der Waals surface area contributed by atoms with Gasteiger partial charge < -0.3 is 0 Å². The number of benzene rings is 1. The molecule has 4 heteroatoms. The molecule has 3 rings (SSSR count). The Bertz CT molecular complexity index is 556. The van der Waals surface area contributed by atoms with Crippen LogP contribution in [-0.4, -0.2) is 15.0 Å². The third-order valence-corrected chi connectivity index (χ3v) is 3.25. The highest BCUT2D eigenvalue weighted by Gasteiger charge is 2.04. The molecule has 0 saturated carbocycles. The van der Waals surface area contributed by atoms with Crippen LogP contribution in [0.25, 0.3) is 20.8 Å². The molecule has 2 aromatic heterocycles. The molecule has 1 aromatic carbocycles. The molecule has 0 aliphatic rings. The van der Waals surface area contributed by atoms with Crippen LogP contribution < -0.4 is 0 Å². The smallest absolute Gasteiger partial charge is 0.172 e. The predicted molar refractivity (Wildman–Crippen MR) is 60.6 cm³/mol. The van der Waals surface area contributed by atoms with Gasteiger partial charge in [-0.05, 0) is 17.5 Å². The molecule has 0 aliphatic heterocycles. The summed E-state index contributed by atoms with van der Waals surface area (Å²) in [5.74, 6) is 0.742. The average molecular weight is 213 g/mol. The number of aromatic nitrogens is 3. The number of hydrogen-bond donors (Lipinski definition) is 0. The summed E-state index contributed by atoms with van der Waals surface area (Å²) in [5, 5.41) is 1.23. The first-order valence-corrected chi connectivity index (χ1v) is 5.36. The Hall–Kier alpha value is -1.81. The second-order valence-corrected chi connectivity index (χ2v) is 4.19. The van der Waals surface area contributed by atoms with Crippen LogP contribution in [0.15, 0.2) is 43.0 Å². The quantitative estimate of drug-likeness (QED) is 0.624. The van der Waals surface area contributed by atoms with Gasteiger partial charge in [-0.25, -0.2) is 15.0 Å². The highest BCUT2D eigenvalue weighted by atomic mass is 32.1. The molecule has 0 N–H and O–H groups in total. The van der Waals surface area contributed by atoms with Crippen molar-refractivity contribution in [2.24, 2.45) is 0 Å². The van der Waals surface area contributed by atoms with E-state index in [9.17, 15) is 0 Å². The van der Waals surface area contributed by atoms with Gasteiger partial charge in [0, 0.05) is 4.70 Å². The third kappa shape index (κ3) is 1.49. The van der Waals surface area contributed by atoms with Crippen molar-refractivity contribution >= 4 is 21.4 Å². The fraction of sp³-hybridized carbons (Fsp3) is 0. The lowest BCUT2D eigenvalue weighted by molar-refractivity contribution is 1.06. The third-order valence-electron chi connectivity index (χ3n) is 2.14. The maximum atomic E-state index is 4.13. The molecule has 15 heavy (non-hydrogen) atoms. The molecule has 3 nitrogen and oxygen atoms in total. The summed E-state index contributed by atoms with van der Waals surface area (Å²) in [5.41, 5.74) is 0. The van der Waals surface area contributed by atoms with E-state index >= 15 is 0 Å². The van der Waals surface area contributed by atoms with E-state index in [0.717, 1.165) is 10.7 Å². The minimum Gasteiger partial charge on any atom is -0.225 e. The maximum absolute atomic E-state index is 4.13. The van der Waals surface area contributed by atoms with Gasteiger partial charge in [0.1, 0.15) is 12.7 Å². The van der Waals surface area contributed by atoms with Crippen molar-refractivity contribution in [2.45, 2.75) is 0 Å². The largest absolute Gasteiger partial charge is 0.225 e. The first-order chi connectivity index (χ1) is 7.43. The minimum absolute atomic E-state index is 0.742. The predicted octanol–water partition coefficient (Wildman–Crippen LogP) is 2.75. The number of rotatable bonds is 1. The van der Waals surface area contributed by atoms with Gasteiger partial charge in [0.05, 0.1) is 4.88 Å². The summed E-state index contributed by atoms with van der Waals surface area (Å²) in [7, 11) is 0. The molecule has 0 amide bonds. The molecule has 72 valence electrons. The molecular weight excluding hydrogens is 206 g/mol. The monoisotopic (exact) mass is 213 g/mol. The van der Waals surface area contributed by atoms with Crippen LogP contribution in [0.4, 0.5) is 0 Å². The Morgan fingerprint density at radius 2 is 1.80 bits per heavy atom. The normalized spacial score (nSPS) is 10.7. The van der Waals surface area contributed by atoms with Gasteiger partial charge >= 0.3 is 0 Å². The number of thiophene rings is 1. The van der Waals surface area contributed by atoms with Gasteiger partial charge in [-0.1, -0.05) is 18.2 Å². The molecule has 0 spiro atoms. The van der Waals surface area contributed by atoms with E-state index in [1.807, 2.05) is 12.1 Å². The molecule has 0 saturated heterocycles. The molecule has 0 unspecified atom stereocenters. The summed E-state index contributed by atoms with van der Waals surface area (Å²) >= 11 is 1.70. The van der Waals surface area contributed by atoms with E-state index in [2.05, 4.69) is 33.2 Å². The van der Waals surface area contributed by atoms with Gasteiger partial charge in [0.2, 0.25) is 0 Å². The molecule has 0 radical (unpaired) electrons. The van der Waals surface area contributed by atoms with Crippen molar-refractivity contribution in [1.29, 1.82) is 0 Å². The van der Waals surface area contributed by atoms with Crippen LogP contribution in [0.2, 0.25) is 0 Å². The highest BCUT2D eigenvalue weighted by molar-refractivity contribution is 7.22. The number of hydrogen-bond acceptors (Lipinski definition) is 4. The minimum atomic E-state index is 0.742. The van der Waals surface area contributed by atoms with Crippen LogP contribution in [0.5, 0.6) is 0 Å². The van der Waals surface area contributed by atoms with Crippen LogP contribution in [-0.2, 0) is 0 Å². The first kappa shape index (κ1) is 8.49. The van der Waals surface area contributed by atoms with Gasteiger partial charge in [0.25, 0.3) is 0 Å². The summed E-state index contributed by atoms with van der Waals surface area (Å²) in [6, 6.07) is 10.4. The highest BCUT2D eigenvalue weighted by Crippen LogP contribution is 2.30. The first-order valence-electron chi connectivity index (χ1n) is 4.54. The van der Waals surface area contributed by atoms with Crippen molar-refractivity contribution in [1.82, 2.24) is 15.0 Å². The lowest BCUT2D eigenvalue weighted by Gasteiger charge is -1.90. The standard InChI is InChI=1S/C11H7N3S/c1-2-4-9-8(3-1)5-10(15-9)11-13-6-12-7-14-11/h1-7H. The fourth-order valence-corrected chi connectivity index (χ4v) is 2.47. The Labute approximate surface area is 90.5 Å². The molecule has 0 aliphatic carbocycles. The van der Waals surface area contributed by atoms with E-state index in [0.29, 0.717) is 0 Å². The second-order valence-electron chi connectivity index (χ2n) is 3.11. The van der Waals surface area contributed by atoms with E-state index in [4.69, 9.17) is 0 Å². The topological polar surface area (TPSA) is 38.7 Å². The van der Waals surface area contributed by atoms with Crippen LogP contribution in [0.3, 0.4) is 0 Å².